The van der Waals surface area contributed by atoms with Gasteiger partial charge < -0.3 is 15.2 Å². The number of alkyl carbamates (subject to hydrolysis) is 1. The monoisotopic (exact) mass is 249 g/mol. The molecule has 2 atom stereocenters. The minimum absolute atomic E-state index is 0.0389. The maximum atomic E-state index is 11.6. The molecule has 2 rings (SSSR count). The van der Waals surface area contributed by atoms with Gasteiger partial charge in [-0.25, -0.2) is 4.79 Å². The highest BCUT2D eigenvalue weighted by atomic mass is 16.5. The maximum Gasteiger partial charge on any atom is 0.407 e. The standard InChI is InChI=1S/C14H19NO3/c16-13-8-4-7-12(9-13)15-14(17)18-10-11-5-2-1-3-6-11/h1-3,5-6,12-13,16H,4,7-10H2,(H,15,17)/t12-,13+/m0/s1. The summed E-state index contributed by atoms with van der Waals surface area (Å²) in [6.45, 7) is 0.280. The summed E-state index contributed by atoms with van der Waals surface area (Å²) >= 11 is 0. The fraction of sp³-hybridized carbons (Fsp3) is 0.500. The molecule has 1 aromatic carbocycles. The third-order valence-corrected chi connectivity index (χ3v) is 3.18. The lowest BCUT2D eigenvalue weighted by atomic mass is 9.93. The molecule has 1 saturated carbocycles. The number of ether oxygens (including phenoxy) is 1. The first-order chi connectivity index (χ1) is 8.74. The largest absolute Gasteiger partial charge is 0.445 e. The molecule has 1 fully saturated rings. The number of aliphatic hydroxyl groups excluding tert-OH is 1. The molecular formula is C14H19NO3. The van der Waals surface area contributed by atoms with E-state index in [1.54, 1.807) is 0 Å². The lowest BCUT2D eigenvalue weighted by Gasteiger charge is -2.26. The highest BCUT2D eigenvalue weighted by Crippen LogP contribution is 2.18. The van der Waals surface area contributed by atoms with Crippen molar-refractivity contribution in [2.24, 2.45) is 0 Å². The van der Waals surface area contributed by atoms with Gasteiger partial charge in [-0.3, -0.25) is 0 Å². The molecule has 0 bridgehead atoms. The number of nitrogens with one attached hydrogen (secondary N) is 1. The van der Waals surface area contributed by atoms with E-state index in [9.17, 15) is 9.90 Å². The predicted molar refractivity (Wildman–Crippen MR) is 68.0 cm³/mol. The summed E-state index contributed by atoms with van der Waals surface area (Å²) in [4.78, 5) is 11.6. The Morgan fingerprint density at radius 1 is 1.33 bits per heavy atom. The maximum absolute atomic E-state index is 11.6. The smallest absolute Gasteiger partial charge is 0.407 e. The van der Waals surface area contributed by atoms with Gasteiger partial charge in [-0.15, -0.1) is 0 Å². The molecule has 4 heteroatoms. The van der Waals surface area contributed by atoms with E-state index in [0.29, 0.717) is 6.42 Å². The summed E-state index contributed by atoms with van der Waals surface area (Å²) in [6, 6.07) is 9.61. The lowest BCUT2D eigenvalue weighted by molar-refractivity contribution is 0.0997. The Kier molecular flexibility index (Phi) is 4.59. The van der Waals surface area contributed by atoms with Crippen LogP contribution in [0.4, 0.5) is 4.79 Å². The molecule has 0 heterocycles. The summed E-state index contributed by atoms with van der Waals surface area (Å²) in [6.07, 6.45) is 2.62. The number of aliphatic hydroxyl groups is 1. The number of hydrogen-bond donors (Lipinski definition) is 2. The molecule has 1 aliphatic rings. The average molecular weight is 249 g/mol. The summed E-state index contributed by atoms with van der Waals surface area (Å²) in [7, 11) is 0. The van der Waals surface area contributed by atoms with Gasteiger partial charge >= 0.3 is 6.09 Å². The third-order valence-electron chi connectivity index (χ3n) is 3.18. The van der Waals surface area contributed by atoms with E-state index in [-0.39, 0.29) is 18.8 Å². The molecule has 0 aromatic heterocycles. The van der Waals surface area contributed by atoms with Crippen molar-refractivity contribution in [1.29, 1.82) is 0 Å². The van der Waals surface area contributed by atoms with Gasteiger partial charge in [0, 0.05) is 6.04 Å². The third kappa shape index (κ3) is 4.04. The molecule has 0 unspecified atom stereocenters. The Morgan fingerprint density at radius 3 is 2.83 bits per heavy atom. The van der Waals surface area contributed by atoms with Gasteiger partial charge in [0.2, 0.25) is 0 Å². The second kappa shape index (κ2) is 6.40. The van der Waals surface area contributed by atoms with Crippen LogP contribution in [0.2, 0.25) is 0 Å². The molecular weight excluding hydrogens is 230 g/mol. The average Bonchev–Trinajstić information content (AvgIpc) is 2.38. The minimum Gasteiger partial charge on any atom is -0.445 e. The van der Waals surface area contributed by atoms with Crippen molar-refractivity contribution >= 4 is 6.09 Å². The van der Waals surface area contributed by atoms with Gasteiger partial charge in [0.1, 0.15) is 6.61 Å². The number of benzene rings is 1. The van der Waals surface area contributed by atoms with E-state index in [1.807, 2.05) is 30.3 Å². The van der Waals surface area contributed by atoms with Crippen LogP contribution in [0.1, 0.15) is 31.2 Å². The van der Waals surface area contributed by atoms with Gasteiger partial charge in [-0.05, 0) is 31.2 Å². The topological polar surface area (TPSA) is 58.6 Å². The van der Waals surface area contributed by atoms with Crippen LogP contribution < -0.4 is 5.32 Å². The first-order valence-electron chi connectivity index (χ1n) is 6.39. The molecule has 0 radical (unpaired) electrons. The fourth-order valence-corrected chi connectivity index (χ4v) is 2.23. The van der Waals surface area contributed by atoms with Gasteiger partial charge in [-0.2, -0.15) is 0 Å². The molecule has 18 heavy (non-hydrogen) atoms. The fourth-order valence-electron chi connectivity index (χ4n) is 2.23. The number of rotatable bonds is 3. The van der Waals surface area contributed by atoms with Crippen molar-refractivity contribution in [2.75, 3.05) is 0 Å². The van der Waals surface area contributed by atoms with Crippen molar-refractivity contribution in [1.82, 2.24) is 5.32 Å². The van der Waals surface area contributed by atoms with Gasteiger partial charge in [-0.1, -0.05) is 30.3 Å². The number of amides is 1. The molecule has 4 nitrogen and oxygen atoms in total. The number of hydrogen-bond acceptors (Lipinski definition) is 3. The van der Waals surface area contributed by atoms with Crippen LogP contribution in [0.5, 0.6) is 0 Å². The van der Waals surface area contributed by atoms with E-state index in [4.69, 9.17) is 4.74 Å². The Balaban J connectivity index is 1.72. The molecule has 0 aliphatic heterocycles. The Morgan fingerprint density at radius 2 is 2.11 bits per heavy atom. The zero-order chi connectivity index (χ0) is 12.8. The van der Waals surface area contributed by atoms with Crippen molar-refractivity contribution < 1.29 is 14.6 Å². The van der Waals surface area contributed by atoms with Crippen LogP contribution in [-0.4, -0.2) is 23.3 Å². The van der Waals surface area contributed by atoms with E-state index >= 15 is 0 Å². The lowest BCUT2D eigenvalue weighted by Crippen LogP contribution is -2.39. The van der Waals surface area contributed by atoms with Crippen molar-refractivity contribution in [3.05, 3.63) is 35.9 Å². The first-order valence-corrected chi connectivity index (χ1v) is 6.39. The highest BCUT2D eigenvalue weighted by molar-refractivity contribution is 5.67. The SMILES string of the molecule is O=C(N[C@H]1CCC[C@@H](O)C1)OCc1ccccc1. The number of carbonyl (C=O) groups excluding carboxylic acids is 1. The van der Waals surface area contributed by atoms with Gasteiger partial charge in [0.15, 0.2) is 0 Å². The molecule has 0 saturated heterocycles. The summed E-state index contributed by atoms with van der Waals surface area (Å²) in [5.41, 5.74) is 0.969. The Hall–Kier alpha value is -1.55. The van der Waals surface area contributed by atoms with Crippen molar-refractivity contribution in [2.45, 2.75) is 44.4 Å². The Bertz CT molecular complexity index is 380. The van der Waals surface area contributed by atoms with E-state index in [0.717, 1.165) is 24.8 Å². The zero-order valence-electron chi connectivity index (χ0n) is 10.3. The van der Waals surface area contributed by atoms with E-state index in [2.05, 4.69) is 5.32 Å². The summed E-state index contributed by atoms with van der Waals surface area (Å²) in [5.74, 6) is 0. The van der Waals surface area contributed by atoms with Crippen LogP contribution in [0, 0.1) is 0 Å². The number of carbonyl (C=O) groups is 1. The molecule has 0 spiro atoms. The molecule has 98 valence electrons. The van der Waals surface area contributed by atoms with E-state index < -0.39 is 6.09 Å². The van der Waals surface area contributed by atoms with Crippen LogP contribution in [-0.2, 0) is 11.3 Å². The van der Waals surface area contributed by atoms with Crippen molar-refractivity contribution in [3.63, 3.8) is 0 Å². The second-order valence-electron chi connectivity index (χ2n) is 4.72. The first kappa shape index (κ1) is 12.9. The van der Waals surface area contributed by atoms with Gasteiger partial charge in [0.05, 0.1) is 6.10 Å². The predicted octanol–water partition coefficient (Wildman–Crippen LogP) is 2.22. The quantitative estimate of drug-likeness (QED) is 0.863. The van der Waals surface area contributed by atoms with Crippen LogP contribution in [0.15, 0.2) is 30.3 Å². The van der Waals surface area contributed by atoms with E-state index in [1.165, 1.54) is 0 Å². The minimum atomic E-state index is -0.405. The summed E-state index contributed by atoms with van der Waals surface area (Å²) < 4.78 is 5.13. The molecule has 2 N–H and O–H groups in total. The second-order valence-corrected chi connectivity index (χ2v) is 4.72. The molecule has 1 aliphatic carbocycles. The highest BCUT2D eigenvalue weighted by Gasteiger charge is 2.21. The van der Waals surface area contributed by atoms with Crippen molar-refractivity contribution in [3.8, 4) is 0 Å². The molecule has 1 aromatic rings. The Labute approximate surface area is 107 Å². The normalized spacial score (nSPS) is 23.4. The molecule has 1 amide bonds. The van der Waals surface area contributed by atoms with Crippen LogP contribution >= 0.6 is 0 Å². The summed E-state index contributed by atoms with van der Waals surface area (Å²) in [5, 5.41) is 12.3. The zero-order valence-corrected chi connectivity index (χ0v) is 10.3. The van der Waals surface area contributed by atoms with Crippen LogP contribution in [0.25, 0.3) is 0 Å². The van der Waals surface area contributed by atoms with Crippen LogP contribution in [0.3, 0.4) is 0 Å². The van der Waals surface area contributed by atoms with Gasteiger partial charge in [0.25, 0.3) is 0 Å².